The van der Waals surface area contributed by atoms with E-state index >= 15 is 0 Å². The minimum Gasteiger partial charge on any atom is -0.439 e. The SMILES string of the molecule is CC1CCCN(Cc2ncc(-c3ccccc3)o2)C1CO. The van der Waals surface area contributed by atoms with Gasteiger partial charge in [-0.05, 0) is 25.3 Å². The number of aliphatic hydroxyl groups excluding tert-OH is 1. The van der Waals surface area contributed by atoms with E-state index in [1.165, 1.54) is 12.8 Å². The highest BCUT2D eigenvalue weighted by molar-refractivity contribution is 5.55. The third-order valence-electron chi connectivity index (χ3n) is 4.37. The van der Waals surface area contributed by atoms with Crippen LogP contribution in [0.3, 0.4) is 0 Å². The maximum Gasteiger partial charge on any atom is 0.209 e. The lowest BCUT2D eigenvalue weighted by molar-refractivity contribution is 0.0415. The first-order chi connectivity index (χ1) is 10.3. The molecule has 2 unspecified atom stereocenters. The van der Waals surface area contributed by atoms with Gasteiger partial charge < -0.3 is 9.52 Å². The minimum atomic E-state index is 0.202. The minimum absolute atomic E-state index is 0.202. The Balaban J connectivity index is 1.72. The Bertz CT molecular complexity index is 567. The van der Waals surface area contributed by atoms with Crippen molar-refractivity contribution in [2.24, 2.45) is 5.92 Å². The zero-order chi connectivity index (χ0) is 14.7. The Morgan fingerprint density at radius 1 is 1.33 bits per heavy atom. The van der Waals surface area contributed by atoms with Gasteiger partial charge in [0.05, 0.1) is 19.3 Å². The molecular formula is C17H22N2O2. The van der Waals surface area contributed by atoms with Gasteiger partial charge in [0.2, 0.25) is 5.89 Å². The molecule has 1 aliphatic heterocycles. The predicted molar refractivity (Wildman–Crippen MR) is 81.6 cm³/mol. The maximum absolute atomic E-state index is 9.60. The van der Waals surface area contributed by atoms with Gasteiger partial charge in [0.15, 0.2) is 5.76 Å². The fourth-order valence-corrected chi connectivity index (χ4v) is 3.12. The summed E-state index contributed by atoms with van der Waals surface area (Å²) >= 11 is 0. The molecule has 0 radical (unpaired) electrons. The number of benzene rings is 1. The van der Waals surface area contributed by atoms with Gasteiger partial charge in [-0.25, -0.2) is 4.98 Å². The largest absolute Gasteiger partial charge is 0.439 e. The summed E-state index contributed by atoms with van der Waals surface area (Å²) in [6.45, 7) is 4.08. The second kappa shape index (κ2) is 6.41. The first kappa shape index (κ1) is 14.3. The Labute approximate surface area is 125 Å². The van der Waals surface area contributed by atoms with Gasteiger partial charge in [-0.3, -0.25) is 4.90 Å². The van der Waals surface area contributed by atoms with Gasteiger partial charge in [-0.2, -0.15) is 0 Å². The summed E-state index contributed by atoms with van der Waals surface area (Å²) in [5.74, 6) is 2.05. The third kappa shape index (κ3) is 3.17. The highest BCUT2D eigenvalue weighted by Gasteiger charge is 2.28. The molecule has 1 fully saturated rings. The zero-order valence-electron chi connectivity index (χ0n) is 12.4. The number of aromatic nitrogens is 1. The molecule has 1 aromatic carbocycles. The van der Waals surface area contributed by atoms with Crippen LogP contribution in [0.15, 0.2) is 40.9 Å². The molecule has 0 bridgehead atoms. The maximum atomic E-state index is 9.60. The second-order valence-electron chi connectivity index (χ2n) is 5.82. The summed E-state index contributed by atoms with van der Waals surface area (Å²) < 4.78 is 5.87. The number of hydrogen-bond donors (Lipinski definition) is 1. The summed E-state index contributed by atoms with van der Waals surface area (Å²) in [5.41, 5.74) is 1.04. The van der Waals surface area contributed by atoms with Crippen LogP contribution in [-0.4, -0.2) is 34.2 Å². The molecule has 2 aromatic rings. The van der Waals surface area contributed by atoms with E-state index in [2.05, 4.69) is 16.8 Å². The lowest BCUT2D eigenvalue weighted by Crippen LogP contribution is -2.46. The van der Waals surface area contributed by atoms with E-state index in [-0.39, 0.29) is 12.6 Å². The van der Waals surface area contributed by atoms with Crippen LogP contribution < -0.4 is 0 Å². The Morgan fingerprint density at radius 3 is 2.90 bits per heavy atom. The Hall–Kier alpha value is -1.65. The third-order valence-corrected chi connectivity index (χ3v) is 4.37. The van der Waals surface area contributed by atoms with Crippen molar-refractivity contribution in [3.8, 4) is 11.3 Å². The molecule has 1 aliphatic rings. The molecule has 3 rings (SSSR count). The number of piperidine rings is 1. The van der Waals surface area contributed by atoms with Crippen LogP contribution in [0.25, 0.3) is 11.3 Å². The van der Waals surface area contributed by atoms with Crippen LogP contribution in [0.5, 0.6) is 0 Å². The average molecular weight is 286 g/mol. The van der Waals surface area contributed by atoms with Crippen molar-refractivity contribution < 1.29 is 9.52 Å². The van der Waals surface area contributed by atoms with Crippen LogP contribution in [0.2, 0.25) is 0 Å². The van der Waals surface area contributed by atoms with Gasteiger partial charge in [0.1, 0.15) is 0 Å². The first-order valence-corrected chi connectivity index (χ1v) is 7.63. The fourth-order valence-electron chi connectivity index (χ4n) is 3.12. The molecule has 1 N–H and O–H groups in total. The van der Waals surface area contributed by atoms with Crippen molar-refractivity contribution >= 4 is 0 Å². The molecule has 1 saturated heterocycles. The standard InChI is InChI=1S/C17H22N2O2/c1-13-6-5-9-19(15(13)12-20)11-17-18-10-16(21-17)14-7-3-2-4-8-14/h2-4,7-8,10,13,15,20H,5-6,9,11-12H2,1H3. The smallest absolute Gasteiger partial charge is 0.209 e. The van der Waals surface area contributed by atoms with Gasteiger partial charge in [-0.15, -0.1) is 0 Å². The molecule has 1 aromatic heterocycles. The highest BCUT2D eigenvalue weighted by Crippen LogP contribution is 2.26. The molecular weight excluding hydrogens is 264 g/mol. The second-order valence-corrected chi connectivity index (χ2v) is 5.82. The van der Waals surface area contributed by atoms with Gasteiger partial charge in [-0.1, -0.05) is 37.3 Å². The highest BCUT2D eigenvalue weighted by atomic mass is 16.4. The molecule has 4 nitrogen and oxygen atoms in total. The van der Waals surface area contributed by atoms with E-state index in [0.29, 0.717) is 12.5 Å². The molecule has 21 heavy (non-hydrogen) atoms. The number of hydrogen-bond acceptors (Lipinski definition) is 4. The number of oxazole rings is 1. The number of likely N-dealkylation sites (tertiary alicyclic amines) is 1. The van der Waals surface area contributed by atoms with Crippen LogP contribution in [0.1, 0.15) is 25.7 Å². The first-order valence-electron chi connectivity index (χ1n) is 7.63. The topological polar surface area (TPSA) is 49.5 Å². The fraction of sp³-hybridized carbons (Fsp3) is 0.471. The summed E-state index contributed by atoms with van der Waals surface area (Å²) in [4.78, 5) is 6.68. The number of nitrogens with zero attached hydrogens (tertiary/aromatic N) is 2. The van der Waals surface area contributed by atoms with E-state index in [4.69, 9.17) is 4.42 Å². The van der Waals surface area contributed by atoms with Gasteiger partial charge >= 0.3 is 0 Å². The van der Waals surface area contributed by atoms with E-state index in [0.717, 1.165) is 23.8 Å². The van der Waals surface area contributed by atoms with E-state index in [1.54, 1.807) is 6.20 Å². The molecule has 2 heterocycles. The summed E-state index contributed by atoms with van der Waals surface area (Å²) in [6.07, 6.45) is 4.14. The van der Waals surface area contributed by atoms with Crippen LogP contribution in [0.4, 0.5) is 0 Å². The van der Waals surface area contributed by atoms with E-state index in [9.17, 15) is 5.11 Å². The normalized spacial score (nSPS) is 23.3. The van der Waals surface area contributed by atoms with Crippen molar-refractivity contribution in [1.29, 1.82) is 0 Å². The molecule has 0 saturated carbocycles. The van der Waals surface area contributed by atoms with Crippen molar-refractivity contribution in [3.63, 3.8) is 0 Å². The quantitative estimate of drug-likeness (QED) is 0.939. The van der Waals surface area contributed by atoms with E-state index < -0.39 is 0 Å². The monoisotopic (exact) mass is 286 g/mol. The van der Waals surface area contributed by atoms with Crippen molar-refractivity contribution in [2.75, 3.05) is 13.2 Å². The van der Waals surface area contributed by atoms with Gasteiger partial charge in [0.25, 0.3) is 0 Å². The lowest BCUT2D eigenvalue weighted by atomic mass is 9.91. The predicted octanol–water partition coefficient (Wildman–Crippen LogP) is 2.93. The Kier molecular flexibility index (Phi) is 4.36. The zero-order valence-corrected chi connectivity index (χ0v) is 12.4. The Morgan fingerprint density at radius 2 is 2.14 bits per heavy atom. The number of aliphatic hydroxyl groups is 1. The average Bonchev–Trinajstić information content (AvgIpc) is 2.97. The van der Waals surface area contributed by atoms with Crippen LogP contribution in [-0.2, 0) is 6.54 Å². The molecule has 112 valence electrons. The van der Waals surface area contributed by atoms with Crippen LogP contribution >= 0.6 is 0 Å². The molecule has 0 spiro atoms. The summed E-state index contributed by atoms with van der Waals surface area (Å²) in [7, 11) is 0. The summed E-state index contributed by atoms with van der Waals surface area (Å²) in [6, 6.07) is 10.2. The van der Waals surface area contributed by atoms with E-state index in [1.807, 2.05) is 30.3 Å². The summed E-state index contributed by atoms with van der Waals surface area (Å²) in [5, 5.41) is 9.60. The lowest BCUT2D eigenvalue weighted by Gasteiger charge is -2.38. The molecule has 0 aliphatic carbocycles. The van der Waals surface area contributed by atoms with Crippen molar-refractivity contribution in [2.45, 2.75) is 32.4 Å². The van der Waals surface area contributed by atoms with Crippen LogP contribution in [0, 0.1) is 5.92 Å². The molecule has 2 atom stereocenters. The molecule has 0 amide bonds. The van der Waals surface area contributed by atoms with Crippen molar-refractivity contribution in [1.82, 2.24) is 9.88 Å². The number of rotatable bonds is 4. The van der Waals surface area contributed by atoms with Gasteiger partial charge in [0, 0.05) is 11.6 Å². The van der Waals surface area contributed by atoms with Crippen molar-refractivity contribution in [3.05, 3.63) is 42.4 Å². The molecule has 4 heteroatoms.